The average Bonchev–Trinajstić information content (AvgIpc) is 2.17. The highest BCUT2D eigenvalue weighted by atomic mass is 16.3. The number of allylic oxidation sites excluding steroid dienone is 4. The van der Waals surface area contributed by atoms with E-state index in [4.69, 9.17) is 10.2 Å². The molecule has 1 rings (SSSR count). The fourth-order valence-corrected chi connectivity index (χ4v) is 1.41. The average molecular weight is 166 g/mol. The zero-order valence-electron chi connectivity index (χ0n) is 6.98. The summed E-state index contributed by atoms with van der Waals surface area (Å²) in [7, 11) is 0. The molecule has 0 aliphatic heterocycles. The van der Waals surface area contributed by atoms with Crippen LogP contribution in [0.25, 0.3) is 0 Å². The predicted molar refractivity (Wildman–Crippen MR) is 48.6 cm³/mol. The zero-order valence-corrected chi connectivity index (χ0v) is 6.98. The molecule has 0 saturated carbocycles. The summed E-state index contributed by atoms with van der Waals surface area (Å²) in [5, 5.41) is 18.3. The van der Waals surface area contributed by atoms with Crippen molar-refractivity contribution in [2.75, 3.05) is 13.2 Å². The maximum atomic E-state index is 9.15. The number of hydrogen-bond donors (Lipinski definition) is 2. The highest BCUT2D eigenvalue weighted by Gasteiger charge is 2.33. The predicted octanol–water partition coefficient (Wildman–Crippen LogP) is 0.886. The van der Waals surface area contributed by atoms with Crippen molar-refractivity contribution in [1.29, 1.82) is 0 Å². The molecule has 66 valence electrons. The van der Waals surface area contributed by atoms with E-state index in [0.29, 0.717) is 0 Å². The fourth-order valence-electron chi connectivity index (χ4n) is 1.41. The molecule has 0 saturated heterocycles. The second kappa shape index (κ2) is 3.70. The summed E-state index contributed by atoms with van der Waals surface area (Å²) in [5.41, 5.74) is -0.545. The molecule has 0 heterocycles. The second-order valence-corrected chi connectivity index (χ2v) is 3.05. The molecule has 2 nitrogen and oxygen atoms in total. The first-order valence-corrected chi connectivity index (χ1v) is 3.99. The molecule has 0 aromatic carbocycles. The van der Waals surface area contributed by atoms with Crippen LogP contribution in [0.3, 0.4) is 0 Å². The summed E-state index contributed by atoms with van der Waals surface area (Å²) in [5.74, 6) is 0.0255. The molecule has 1 aliphatic rings. The van der Waals surface area contributed by atoms with Gasteiger partial charge in [0.1, 0.15) is 0 Å². The van der Waals surface area contributed by atoms with Crippen molar-refractivity contribution in [3.8, 4) is 0 Å². The van der Waals surface area contributed by atoms with E-state index >= 15 is 0 Å². The van der Waals surface area contributed by atoms with Crippen LogP contribution in [-0.4, -0.2) is 23.4 Å². The van der Waals surface area contributed by atoms with Crippen molar-refractivity contribution in [3.63, 3.8) is 0 Å². The van der Waals surface area contributed by atoms with Gasteiger partial charge in [0.25, 0.3) is 0 Å². The van der Waals surface area contributed by atoms with Crippen LogP contribution in [0.4, 0.5) is 0 Å². The van der Waals surface area contributed by atoms with Crippen LogP contribution in [0.5, 0.6) is 0 Å². The van der Waals surface area contributed by atoms with E-state index in [1.54, 1.807) is 6.08 Å². The standard InChI is InChI=1S/C10H14O2/c1-2-9-5-3-4-6-10(9,7-11)8-12/h2-6,9,11-12H,1,7-8H2. The lowest BCUT2D eigenvalue weighted by Crippen LogP contribution is -2.35. The van der Waals surface area contributed by atoms with E-state index in [-0.39, 0.29) is 19.1 Å². The van der Waals surface area contributed by atoms with Gasteiger partial charge in [-0.3, -0.25) is 0 Å². The van der Waals surface area contributed by atoms with Crippen LogP contribution in [0.1, 0.15) is 0 Å². The van der Waals surface area contributed by atoms with Crippen molar-refractivity contribution in [2.24, 2.45) is 11.3 Å². The van der Waals surface area contributed by atoms with Crippen LogP contribution >= 0.6 is 0 Å². The molecule has 1 aliphatic carbocycles. The van der Waals surface area contributed by atoms with Crippen LogP contribution < -0.4 is 0 Å². The van der Waals surface area contributed by atoms with Gasteiger partial charge in [-0.2, -0.15) is 0 Å². The number of aliphatic hydroxyl groups is 2. The summed E-state index contributed by atoms with van der Waals surface area (Å²) in [6, 6.07) is 0. The molecule has 0 aromatic heterocycles. The summed E-state index contributed by atoms with van der Waals surface area (Å²) < 4.78 is 0. The van der Waals surface area contributed by atoms with E-state index in [0.717, 1.165) is 0 Å². The minimum atomic E-state index is -0.545. The number of hydrogen-bond acceptors (Lipinski definition) is 2. The van der Waals surface area contributed by atoms with E-state index in [9.17, 15) is 0 Å². The van der Waals surface area contributed by atoms with Crippen molar-refractivity contribution in [1.82, 2.24) is 0 Å². The Kier molecular flexibility index (Phi) is 2.84. The first-order valence-electron chi connectivity index (χ1n) is 3.99. The van der Waals surface area contributed by atoms with Gasteiger partial charge < -0.3 is 10.2 Å². The summed E-state index contributed by atoms with van der Waals surface area (Å²) in [4.78, 5) is 0. The maximum absolute atomic E-state index is 9.15. The van der Waals surface area contributed by atoms with Crippen LogP contribution in [0.15, 0.2) is 37.0 Å². The third-order valence-electron chi connectivity index (χ3n) is 2.36. The molecule has 1 unspecified atom stereocenters. The van der Waals surface area contributed by atoms with E-state index in [2.05, 4.69) is 6.58 Å². The highest BCUT2D eigenvalue weighted by molar-refractivity contribution is 5.23. The van der Waals surface area contributed by atoms with E-state index in [1.165, 1.54) is 0 Å². The molecule has 0 bridgehead atoms. The first-order chi connectivity index (χ1) is 5.79. The minimum absolute atomic E-state index is 0.0255. The van der Waals surface area contributed by atoms with E-state index < -0.39 is 5.41 Å². The van der Waals surface area contributed by atoms with Crippen LogP contribution in [0.2, 0.25) is 0 Å². The molecule has 2 N–H and O–H groups in total. The molecular formula is C10H14O2. The Labute approximate surface area is 72.5 Å². The van der Waals surface area contributed by atoms with Crippen molar-refractivity contribution >= 4 is 0 Å². The third-order valence-corrected chi connectivity index (χ3v) is 2.36. The smallest absolute Gasteiger partial charge is 0.0553 e. The zero-order chi connectivity index (χ0) is 9.03. The second-order valence-electron chi connectivity index (χ2n) is 3.05. The fraction of sp³-hybridized carbons (Fsp3) is 0.400. The topological polar surface area (TPSA) is 40.5 Å². The van der Waals surface area contributed by atoms with Crippen LogP contribution in [0, 0.1) is 11.3 Å². The summed E-state index contributed by atoms with van der Waals surface area (Å²) in [6.45, 7) is 3.56. The lowest BCUT2D eigenvalue weighted by Gasteiger charge is -2.33. The first kappa shape index (κ1) is 9.23. The van der Waals surface area contributed by atoms with Gasteiger partial charge in [0.2, 0.25) is 0 Å². The molecular weight excluding hydrogens is 152 g/mol. The molecule has 1 atom stereocenters. The quantitative estimate of drug-likeness (QED) is 0.611. The molecule has 0 aromatic rings. The Morgan fingerprint density at radius 3 is 2.42 bits per heavy atom. The Bertz CT molecular complexity index is 212. The van der Waals surface area contributed by atoms with Gasteiger partial charge in [-0.25, -0.2) is 0 Å². The Morgan fingerprint density at radius 2 is 2.00 bits per heavy atom. The Morgan fingerprint density at radius 1 is 1.33 bits per heavy atom. The molecule has 0 radical (unpaired) electrons. The van der Waals surface area contributed by atoms with E-state index in [1.807, 2.05) is 24.3 Å². The maximum Gasteiger partial charge on any atom is 0.0553 e. The van der Waals surface area contributed by atoms with Gasteiger partial charge in [0.15, 0.2) is 0 Å². The molecule has 0 amide bonds. The van der Waals surface area contributed by atoms with Crippen molar-refractivity contribution in [3.05, 3.63) is 37.0 Å². The highest BCUT2D eigenvalue weighted by Crippen LogP contribution is 2.33. The molecule has 0 fully saturated rings. The Balaban J connectivity index is 2.91. The normalized spacial score (nSPS) is 25.7. The molecule has 0 spiro atoms. The number of aliphatic hydroxyl groups excluding tert-OH is 2. The van der Waals surface area contributed by atoms with Gasteiger partial charge in [-0.15, -0.1) is 6.58 Å². The monoisotopic (exact) mass is 166 g/mol. The van der Waals surface area contributed by atoms with Crippen molar-refractivity contribution in [2.45, 2.75) is 0 Å². The lowest BCUT2D eigenvalue weighted by atomic mass is 9.74. The summed E-state index contributed by atoms with van der Waals surface area (Å²) in [6.07, 6.45) is 9.24. The molecule has 12 heavy (non-hydrogen) atoms. The third kappa shape index (κ3) is 1.36. The van der Waals surface area contributed by atoms with Gasteiger partial charge in [0.05, 0.1) is 13.2 Å². The van der Waals surface area contributed by atoms with Gasteiger partial charge in [0, 0.05) is 11.3 Å². The van der Waals surface area contributed by atoms with Crippen molar-refractivity contribution < 1.29 is 10.2 Å². The minimum Gasteiger partial charge on any atom is -0.395 e. The van der Waals surface area contributed by atoms with Crippen LogP contribution in [-0.2, 0) is 0 Å². The van der Waals surface area contributed by atoms with Gasteiger partial charge in [-0.1, -0.05) is 30.4 Å². The van der Waals surface area contributed by atoms with Gasteiger partial charge in [-0.05, 0) is 0 Å². The molecule has 2 heteroatoms. The SMILES string of the molecule is C=CC1C=CC=CC1(CO)CO. The summed E-state index contributed by atoms with van der Waals surface area (Å²) >= 11 is 0. The van der Waals surface area contributed by atoms with Gasteiger partial charge >= 0.3 is 0 Å². The Hall–Kier alpha value is -0.860. The number of rotatable bonds is 3. The lowest BCUT2D eigenvalue weighted by molar-refractivity contribution is 0.0731. The largest absolute Gasteiger partial charge is 0.395 e.